The third-order valence-corrected chi connectivity index (χ3v) is 5.39. The highest BCUT2D eigenvalue weighted by atomic mass is 19.1. The maximum absolute atomic E-state index is 14.0. The van der Waals surface area contributed by atoms with Crippen LogP contribution in [0.3, 0.4) is 0 Å². The fourth-order valence-electron chi connectivity index (χ4n) is 3.70. The number of anilines is 1. The molecule has 1 N–H and O–H groups in total. The van der Waals surface area contributed by atoms with Gasteiger partial charge in [0.05, 0.1) is 35.2 Å². The van der Waals surface area contributed by atoms with Crippen molar-refractivity contribution in [3.63, 3.8) is 0 Å². The van der Waals surface area contributed by atoms with Crippen LogP contribution in [0.25, 0.3) is 28.1 Å². The van der Waals surface area contributed by atoms with Gasteiger partial charge in [0.1, 0.15) is 11.5 Å². The number of benzene rings is 2. The number of aromatic nitrogens is 5. The van der Waals surface area contributed by atoms with Crippen molar-refractivity contribution < 1.29 is 4.39 Å². The van der Waals surface area contributed by atoms with Crippen LogP contribution >= 0.6 is 0 Å². The molecular formula is C25H21FN6O. The van der Waals surface area contributed by atoms with Crippen LogP contribution in [0.2, 0.25) is 0 Å². The smallest absolute Gasteiger partial charge is 0.260 e. The molecular weight excluding hydrogens is 419 g/mol. The number of hydrogen-bond donors (Lipinski definition) is 1. The Balaban J connectivity index is 1.61. The fourth-order valence-corrected chi connectivity index (χ4v) is 3.70. The van der Waals surface area contributed by atoms with Gasteiger partial charge in [-0.3, -0.25) is 9.36 Å². The molecule has 7 nitrogen and oxygen atoms in total. The lowest BCUT2D eigenvalue weighted by molar-refractivity contribution is 0.630. The van der Waals surface area contributed by atoms with Crippen molar-refractivity contribution in [1.82, 2.24) is 24.1 Å². The van der Waals surface area contributed by atoms with Crippen LogP contribution < -0.4 is 10.9 Å². The summed E-state index contributed by atoms with van der Waals surface area (Å²) in [6, 6.07) is 17.8. The maximum Gasteiger partial charge on any atom is 0.260 e. The molecule has 0 amide bonds. The zero-order valence-corrected chi connectivity index (χ0v) is 18.2. The molecule has 0 saturated heterocycles. The Bertz CT molecular complexity index is 1540. The Labute approximate surface area is 189 Å². The number of nitrogens with zero attached hydrogens (tertiary/aromatic N) is 5. The standard InChI is InChI=1S/C25H21FN6O/c1-16-6-5-9-23(29-16)24-30-17(13-27-22-8-4-3-7-20(22)26)14-32(24)18-10-11-21-19(12-18)25(33)31(2)15-28-21/h3-12,14-15,27H,13H2,1-2H3. The molecule has 5 aromatic rings. The summed E-state index contributed by atoms with van der Waals surface area (Å²) in [5.41, 5.74) is 3.93. The van der Waals surface area contributed by atoms with Gasteiger partial charge in [0, 0.05) is 24.6 Å². The number of pyridine rings is 1. The van der Waals surface area contributed by atoms with Gasteiger partial charge >= 0.3 is 0 Å². The SMILES string of the molecule is Cc1cccc(-c2nc(CNc3ccccc3F)cn2-c2ccc3ncn(C)c(=O)c3c2)n1. The van der Waals surface area contributed by atoms with Crippen molar-refractivity contribution in [3.8, 4) is 17.2 Å². The molecule has 0 unspecified atom stereocenters. The van der Waals surface area contributed by atoms with Crippen LogP contribution in [0, 0.1) is 12.7 Å². The average Bonchev–Trinajstić information content (AvgIpc) is 3.25. The molecule has 3 aromatic heterocycles. The number of imidazole rings is 1. The van der Waals surface area contributed by atoms with E-state index in [1.54, 1.807) is 31.3 Å². The second-order valence-corrected chi connectivity index (χ2v) is 7.79. The lowest BCUT2D eigenvalue weighted by Crippen LogP contribution is -2.17. The van der Waals surface area contributed by atoms with Crippen LogP contribution in [-0.2, 0) is 13.6 Å². The minimum Gasteiger partial charge on any atom is -0.377 e. The summed E-state index contributed by atoms with van der Waals surface area (Å²) < 4.78 is 17.4. The molecule has 0 spiro atoms. The molecule has 0 atom stereocenters. The minimum atomic E-state index is -0.324. The molecule has 0 fully saturated rings. The summed E-state index contributed by atoms with van der Waals surface area (Å²) in [6.45, 7) is 2.24. The van der Waals surface area contributed by atoms with Gasteiger partial charge in [0.2, 0.25) is 0 Å². The summed E-state index contributed by atoms with van der Waals surface area (Å²) in [5, 5.41) is 3.61. The summed E-state index contributed by atoms with van der Waals surface area (Å²) in [7, 11) is 1.67. The first-order valence-electron chi connectivity index (χ1n) is 10.5. The Morgan fingerprint density at radius 3 is 2.70 bits per heavy atom. The number of rotatable bonds is 5. The van der Waals surface area contributed by atoms with E-state index >= 15 is 0 Å². The largest absolute Gasteiger partial charge is 0.377 e. The number of halogens is 1. The molecule has 33 heavy (non-hydrogen) atoms. The van der Waals surface area contributed by atoms with Gasteiger partial charge in [-0.15, -0.1) is 0 Å². The van der Waals surface area contributed by atoms with E-state index < -0.39 is 0 Å². The van der Waals surface area contributed by atoms with Gasteiger partial charge in [-0.25, -0.2) is 19.3 Å². The first-order chi connectivity index (χ1) is 16.0. The fraction of sp³-hybridized carbons (Fsp3) is 0.120. The third-order valence-electron chi connectivity index (χ3n) is 5.39. The molecule has 0 aliphatic carbocycles. The monoisotopic (exact) mass is 440 g/mol. The first-order valence-corrected chi connectivity index (χ1v) is 10.5. The molecule has 0 aliphatic heterocycles. The van der Waals surface area contributed by atoms with E-state index in [-0.39, 0.29) is 11.4 Å². The van der Waals surface area contributed by atoms with Crippen molar-refractivity contribution in [1.29, 1.82) is 0 Å². The Morgan fingerprint density at radius 1 is 1.03 bits per heavy atom. The molecule has 0 saturated carbocycles. The highest BCUT2D eigenvalue weighted by Gasteiger charge is 2.15. The normalized spacial score (nSPS) is 11.1. The Kier molecular flexibility index (Phi) is 5.18. The lowest BCUT2D eigenvalue weighted by Gasteiger charge is -2.09. The summed E-state index contributed by atoms with van der Waals surface area (Å²) in [6.07, 6.45) is 3.38. The van der Waals surface area contributed by atoms with Crippen molar-refractivity contribution in [3.05, 3.63) is 101 Å². The molecule has 164 valence electrons. The van der Waals surface area contributed by atoms with E-state index in [4.69, 9.17) is 4.98 Å². The van der Waals surface area contributed by atoms with Crippen molar-refractivity contribution in [2.75, 3.05) is 5.32 Å². The van der Waals surface area contributed by atoms with Crippen LogP contribution in [0.4, 0.5) is 10.1 Å². The van der Waals surface area contributed by atoms with Crippen molar-refractivity contribution in [2.24, 2.45) is 7.05 Å². The van der Waals surface area contributed by atoms with Crippen LogP contribution in [0.5, 0.6) is 0 Å². The third kappa shape index (κ3) is 3.98. The molecule has 3 heterocycles. The molecule has 5 rings (SSSR count). The summed E-state index contributed by atoms with van der Waals surface area (Å²) in [5.74, 6) is 0.305. The minimum absolute atomic E-state index is 0.126. The van der Waals surface area contributed by atoms with Gasteiger partial charge in [0.25, 0.3) is 5.56 Å². The van der Waals surface area contributed by atoms with Gasteiger partial charge < -0.3 is 9.88 Å². The zero-order valence-electron chi connectivity index (χ0n) is 18.2. The molecule has 0 radical (unpaired) electrons. The number of hydrogen-bond acceptors (Lipinski definition) is 5. The van der Waals surface area contributed by atoms with Crippen molar-refractivity contribution >= 4 is 16.6 Å². The van der Waals surface area contributed by atoms with Crippen LogP contribution in [0.15, 0.2) is 78.0 Å². The quantitative estimate of drug-likeness (QED) is 0.442. The highest BCUT2D eigenvalue weighted by molar-refractivity contribution is 5.80. The van der Waals surface area contributed by atoms with Gasteiger partial charge in [-0.1, -0.05) is 18.2 Å². The van der Waals surface area contributed by atoms with E-state index in [2.05, 4.69) is 15.3 Å². The predicted molar refractivity (Wildman–Crippen MR) is 126 cm³/mol. The number of nitrogens with one attached hydrogen (secondary N) is 1. The molecule has 8 heteroatoms. The second-order valence-electron chi connectivity index (χ2n) is 7.79. The molecule has 0 aliphatic rings. The van der Waals surface area contributed by atoms with E-state index in [1.807, 2.05) is 48.0 Å². The second kappa shape index (κ2) is 8.31. The molecule has 0 bridgehead atoms. The van der Waals surface area contributed by atoms with Gasteiger partial charge in [0.15, 0.2) is 5.82 Å². The number of fused-ring (bicyclic) bond motifs is 1. The Hall–Kier alpha value is -4.33. The summed E-state index contributed by atoms with van der Waals surface area (Å²) in [4.78, 5) is 26.4. The van der Waals surface area contributed by atoms with E-state index in [0.29, 0.717) is 40.3 Å². The highest BCUT2D eigenvalue weighted by Crippen LogP contribution is 2.24. The maximum atomic E-state index is 14.0. The average molecular weight is 440 g/mol. The van der Waals surface area contributed by atoms with Crippen LogP contribution in [-0.4, -0.2) is 24.1 Å². The van der Waals surface area contributed by atoms with E-state index in [9.17, 15) is 9.18 Å². The first kappa shape index (κ1) is 20.6. The summed E-state index contributed by atoms with van der Waals surface area (Å²) >= 11 is 0. The molecule has 2 aromatic carbocycles. The van der Waals surface area contributed by atoms with Gasteiger partial charge in [-0.2, -0.15) is 0 Å². The Morgan fingerprint density at radius 2 is 1.88 bits per heavy atom. The van der Waals surface area contributed by atoms with E-state index in [0.717, 1.165) is 11.4 Å². The van der Waals surface area contributed by atoms with Crippen LogP contribution in [0.1, 0.15) is 11.4 Å². The van der Waals surface area contributed by atoms with Crippen molar-refractivity contribution in [2.45, 2.75) is 13.5 Å². The number of para-hydroxylation sites is 1. The lowest BCUT2D eigenvalue weighted by atomic mass is 10.2. The predicted octanol–water partition coefficient (Wildman–Crippen LogP) is 4.24. The van der Waals surface area contributed by atoms with Gasteiger partial charge in [-0.05, 0) is 49.4 Å². The number of aryl methyl sites for hydroxylation is 2. The zero-order chi connectivity index (χ0) is 22.9. The van der Waals surface area contributed by atoms with E-state index in [1.165, 1.54) is 17.0 Å². The topological polar surface area (TPSA) is 77.6 Å².